The second-order valence-electron chi connectivity index (χ2n) is 24.7. The van der Waals surface area contributed by atoms with Crippen LogP contribution in [-0.4, -0.2) is 46.1 Å². The molecule has 0 bridgehead atoms. The molecule has 7 saturated carbocycles. The van der Waals surface area contributed by atoms with Crippen molar-refractivity contribution in [2.45, 2.75) is 271 Å². The third kappa shape index (κ3) is 11.3. The monoisotopic (exact) mass is 773 g/mol. The van der Waals surface area contributed by atoms with Crippen molar-refractivity contribution < 1.29 is 0 Å². The van der Waals surface area contributed by atoms with Crippen molar-refractivity contribution in [3.63, 3.8) is 0 Å². The first kappa shape index (κ1) is 43.7. The normalized spacial score (nSPS) is 42.7. The van der Waals surface area contributed by atoms with Crippen LogP contribution in [0.4, 0.5) is 0 Å². The number of allylic oxidation sites excluding steroid dienone is 2. The van der Waals surface area contributed by atoms with E-state index in [4.69, 9.17) is 0 Å². The van der Waals surface area contributed by atoms with Gasteiger partial charge in [0.05, 0.1) is 0 Å². The Hall–Kier alpha value is -0.340. The maximum atomic E-state index is 3.24. The van der Waals surface area contributed by atoms with Crippen molar-refractivity contribution in [1.29, 1.82) is 0 Å². The third-order valence-corrected chi connectivity index (χ3v) is 19.0. The van der Waals surface area contributed by atoms with Crippen LogP contribution in [-0.2, 0) is 0 Å². The smallest absolute Gasteiger partial charge is 0.0102 e. The molecule has 0 unspecified atom stereocenters. The minimum atomic E-state index is 0.482. The summed E-state index contributed by atoms with van der Waals surface area (Å²) in [5.74, 6) is 7.53. The van der Waals surface area contributed by atoms with Crippen LogP contribution < -0.4 is 0 Å². The summed E-state index contributed by atoms with van der Waals surface area (Å²) in [7, 11) is 0. The Labute approximate surface area is 350 Å². The van der Waals surface area contributed by atoms with Crippen molar-refractivity contribution in [2.24, 2.45) is 58.2 Å². The average molecular weight is 773 g/mol. The standard InChI is InChI=1S/C54H96N2/c1-39-9-27-47(28-10-39)55(48-29-11-40(2)12-30-48)49-31-17-42(18-32-49)14-13-41-15-19-43(20-16-41)44-21-33-50(34-22-44)56(51-35-23-45(24-36-51)53(3,4)5)52-37-25-46(26-38-52)54(6,7)8/h13-14,39-52H,9-12,15-38H2,1-8H3/b14-13+. The summed E-state index contributed by atoms with van der Waals surface area (Å²) < 4.78 is 0. The van der Waals surface area contributed by atoms with Crippen LogP contribution in [0, 0.1) is 58.2 Å². The molecule has 0 atom stereocenters. The lowest BCUT2D eigenvalue weighted by atomic mass is 9.67. The van der Waals surface area contributed by atoms with E-state index >= 15 is 0 Å². The van der Waals surface area contributed by atoms with Gasteiger partial charge in [-0.25, -0.2) is 0 Å². The lowest BCUT2D eigenvalue weighted by Crippen LogP contribution is -2.53. The Bertz CT molecular complexity index is 1090. The zero-order valence-corrected chi connectivity index (χ0v) is 38.9. The summed E-state index contributed by atoms with van der Waals surface area (Å²) in [5, 5.41) is 0. The molecule has 7 aliphatic rings. The van der Waals surface area contributed by atoms with Crippen LogP contribution in [0.3, 0.4) is 0 Å². The van der Waals surface area contributed by atoms with Gasteiger partial charge in [0.15, 0.2) is 0 Å². The fourth-order valence-corrected chi connectivity index (χ4v) is 14.9. The van der Waals surface area contributed by atoms with Crippen LogP contribution in [0.5, 0.6) is 0 Å². The summed E-state index contributed by atoms with van der Waals surface area (Å²) >= 11 is 0. The quantitative estimate of drug-likeness (QED) is 0.215. The van der Waals surface area contributed by atoms with E-state index in [9.17, 15) is 0 Å². The molecule has 0 amide bonds. The van der Waals surface area contributed by atoms with Crippen LogP contribution in [0.15, 0.2) is 12.2 Å². The molecule has 2 nitrogen and oxygen atoms in total. The van der Waals surface area contributed by atoms with Gasteiger partial charge in [-0.05, 0) is 238 Å². The first-order chi connectivity index (χ1) is 26.8. The molecule has 7 aliphatic carbocycles. The fourth-order valence-electron chi connectivity index (χ4n) is 14.9. The minimum absolute atomic E-state index is 0.482. The van der Waals surface area contributed by atoms with Gasteiger partial charge in [0, 0.05) is 36.3 Å². The zero-order chi connectivity index (χ0) is 39.5. The van der Waals surface area contributed by atoms with Crippen molar-refractivity contribution in [1.82, 2.24) is 9.80 Å². The molecule has 2 heteroatoms. The molecule has 0 saturated heterocycles. The Balaban J connectivity index is 0.862. The summed E-state index contributed by atoms with van der Waals surface area (Å²) in [5.41, 5.74) is 0.963. The highest BCUT2D eigenvalue weighted by Gasteiger charge is 2.42. The molecule has 0 aromatic carbocycles. The zero-order valence-electron chi connectivity index (χ0n) is 38.9. The molecule has 7 rings (SSSR count). The van der Waals surface area contributed by atoms with Gasteiger partial charge in [0.2, 0.25) is 0 Å². The number of rotatable bonds is 9. The van der Waals surface area contributed by atoms with E-state index in [0.717, 1.165) is 83.6 Å². The molecule has 0 aliphatic heterocycles. The second-order valence-corrected chi connectivity index (χ2v) is 24.7. The van der Waals surface area contributed by atoms with E-state index in [1.54, 1.807) is 0 Å². The highest BCUT2D eigenvalue weighted by Crippen LogP contribution is 2.47. The molecular formula is C54H96N2. The highest BCUT2D eigenvalue weighted by atomic mass is 15.2. The highest BCUT2D eigenvalue weighted by molar-refractivity contribution is 5.01. The van der Waals surface area contributed by atoms with Crippen molar-refractivity contribution in [3.8, 4) is 0 Å². The van der Waals surface area contributed by atoms with E-state index in [1.807, 2.05) is 0 Å². The third-order valence-electron chi connectivity index (χ3n) is 19.0. The van der Waals surface area contributed by atoms with E-state index < -0.39 is 0 Å². The van der Waals surface area contributed by atoms with E-state index in [2.05, 4.69) is 77.3 Å². The molecule has 0 radical (unpaired) electrons. The molecule has 7 fully saturated rings. The van der Waals surface area contributed by atoms with Crippen molar-refractivity contribution in [3.05, 3.63) is 12.2 Å². The van der Waals surface area contributed by atoms with E-state index in [-0.39, 0.29) is 0 Å². The maximum Gasteiger partial charge on any atom is 0.0102 e. The predicted octanol–water partition coefficient (Wildman–Crippen LogP) is 15.4. The molecule has 322 valence electrons. The Morgan fingerprint density at radius 1 is 0.304 bits per heavy atom. The number of nitrogens with zero attached hydrogens (tertiary/aromatic N) is 2. The first-order valence-corrected chi connectivity index (χ1v) is 26.0. The van der Waals surface area contributed by atoms with Gasteiger partial charge in [-0.1, -0.05) is 67.5 Å². The Morgan fingerprint density at radius 3 is 0.839 bits per heavy atom. The summed E-state index contributed by atoms with van der Waals surface area (Å²) in [6.45, 7) is 20.0. The van der Waals surface area contributed by atoms with E-state index in [0.29, 0.717) is 10.8 Å². The van der Waals surface area contributed by atoms with Crippen LogP contribution in [0.1, 0.15) is 235 Å². The Kier molecular flexibility index (Phi) is 15.3. The SMILES string of the molecule is CC1CCC(N(C2CCC(C)CC2)C2CCC(/C=C/C3CCC(C4CCC(N(C5CCC(C(C)(C)C)CC5)C5CCC(C(C)(C)C)CC5)CC4)CC3)CC2)CC1. The van der Waals surface area contributed by atoms with Crippen molar-refractivity contribution in [2.75, 3.05) is 0 Å². The molecule has 0 aromatic heterocycles. The van der Waals surface area contributed by atoms with Gasteiger partial charge in [-0.15, -0.1) is 0 Å². The largest absolute Gasteiger partial charge is 0.294 e. The van der Waals surface area contributed by atoms with Crippen molar-refractivity contribution >= 4 is 0 Å². The van der Waals surface area contributed by atoms with E-state index in [1.165, 1.54) is 180 Å². The molecule has 0 spiro atoms. The first-order valence-electron chi connectivity index (χ1n) is 26.0. The number of hydrogen-bond acceptors (Lipinski definition) is 2. The predicted molar refractivity (Wildman–Crippen MR) is 243 cm³/mol. The molecule has 0 heterocycles. The van der Waals surface area contributed by atoms with Gasteiger partial charge in [-0.3, -0.25) is 9.80 Å². The van der Waals surface area contributed by atoms with Crippen LogP contribution >= 0.6 is 0 Å². The summed E-state index contributed by atoms with van der Waals surface area (Å²) in [6, 6.07) is 5.26. The van der Waals surface area contributed by atoms with Crippen LogP contribution in [0.25, 0.3) is 0 Å². The second kappa shape index (κ2) is 19.6. The topological polar surface area (TPSA) is 6.48 Å². The minimum Gasteiger partial charge on any atom is -0.294 e. The maximum absolute atomic E-state index is 3.24. The lowest BCUT2D eigenvalue weighted by Gasteiger charge is -2.51. The average Bonchev–Trinajstić information content (AvgIpc) is 3.19. The van der Waals surface area contributed by atoms with Gasteiger partial charge in [0.25, 0.3) is 0 Å². The summed E-state index contributed by atoms with van der Waals surface area (Å²) in [4.78, 5) is 6.42. The molecular weight excluding hydrogens is 677 g/mol. The van der Waals surface area contributed by atoms with Gasteiger partial charge >= 0.3 is 0 Å². The van der Waals surface area contributed by atoms with Gasteiger partial charge < -0.3 is 0 Å². The van der Waals surface area contributed by atoms with Crippen LogP contribution in [0.2, 0.25) is 0 Å². The molecule has 0 aromatic rings. The number of hydrogen-bond donors (Lipinski definition) is 0. The fraction of sp³-hybridized carbons (Fsp3) is 0.963. The van der Waals surface area contributed by atoms with Gasteiger partial charge in [-0.2, -0.15) is 0 Å². The van der Waals surface area contributed by atoms with Gasteiger partial charge in [0.1, 0.15) is 0 Å². The molecule has 0 N–H and O–H groups in total. The molecule has 56 heavy (non-hydrogen) atoms. The summed E-state index contributed by atoms with van der Waals surface area (Å²) in [6.07, 6.45) is 47.0. The lowest BCUT2D eigenvalue weighted by molar-refractivity contribution is -0.0154. The Morgan fingerprint density at radius 2 is 0.536 bits per heavy atom.